The van der Waals surface area contributed by atoms with Crippen molar-refractivity contribution in [2.24, 2.45) is 7.05 Å². The number of halogens is 4. The van der Waals surface area contributed by atoms with Gasteiger partial charge in [0, 0.05) is 31.8 Å². The molecular weight excluding hydrogens is 490 g/mol. The molecule has 0 aliphatic carbocycles. The molecule has 8 nitrogen and oxygen atoms in total. The molecule has 186 valence electrons. The zero-order valence-corrected chi connectivity index (χ0v) is 19.3. The van der Waals surface area contributed by atoms with E-state index in [0.717, 1.165) is 16.9 Å². The van der Waals surface area contributed by atoms with Gasteiger partial charge in [0.2, 0.25) is 5.95 Å². The number of fused-ring (bicyclic) bond motifs is 2. The Morgan fingerprint density at radius 2 is 1.94 bits per heavy atom. The molecule has 1 amide bonds. The number of alkyl halides is 4. The van der Waals surface area contributed by atoms with Crippen molar-refractivity contribution >= 4 is 49.6 Å². The van der Waals surface area contributed by atoms with Crippen molar-refractivity contribution in [2.45, 2.75) is 12.8 Å². The maximum atomic E-state index is 12.5. The van der Waals surface area contributed by atoms with E-state index < -0.39 is 13.0 Å². The lowest BCUT2D eigenvalue weighted by molar-refractivity contribution is -0.274. The first-order chi connectivity index (χ1) is 16.7. The topological polar surface area (TPSA) is 90.3 Å². The summed E-state index contributed by atoms with van der Waals surface area (Å²) >= 11 is 1.16. The minimum atomic E-state index is -4.77. The number of amides is 1. The number of ether oxygens (including phenoxy) is 2. The third kappa shape index (κ3) is 6.17. The number of nitrogens with zero attached hydrogens (tertiary/aromatic N) is 3. The van der Waals surface area contributed by atoms with Crippen LogP contribution in [0.5, 0.6) is 5.75 Å². The number of aryl methyl sites for hydroxylation is 1. The molecule has 35 heavy (non-hydrogen) atoms. The molecule has 2 N–H and O–H groups in total. The predicted molar refractivity (Wildman–Crippen MR) is 124 cm³/mol. The standard InChI is InChI=1S/C22H21F4N5O3S/c1-31-17-6-3-13(19(32)27-8-10-33-9-2-7-23)11-16(17)28-20(31)30-21-29-15-5-4-14(12-18(15)35-21)34-22(24,25)26/h3-6,11-12H,2,7-10H2,1H3,(H,27,32)(H,28,29,30). The Morgan fingerprint density at radius 1 is 1.11 bits per heavy atom. The van der Waals surface area contributed by atoms with Crippen LogP contribution in [0.25, 0.3) is 21.3 Å². The van der Waals surface area contributed by atoms with E-state index in [1.807, 2.05) is 0 Å². The molecule has 0 aliphatic rings. The second-order valence-corrected chi connectivity index (χ2v) is 8.46. The number of anilines is 2. The number of aromatic nitrogens is 3. The molecule has 0 fully saturated rings. The van der Waals surface area contributed by atoms with Gasteiger partial charge in [-0.3, -0.25) is 9.18 Å². The van der Waals surface area contributed by atoms with E-state index in [0.29, 0.717) is 51.9 Å². The summed E-state index contributed by atoms with van der Waals surface area (Å²) in [6.45, 7) is 0.451. The summed E-state index contributed by atoms with van der Waals surface area (Å²) in [4.78, 5) is 21.3. The molecule has 13 heteroatoms. The van der Waals surface area contributed by atoms with Crippen LogP contribution in [0.4, 0.5) is 28.6 Å². The zero-order chi connectivity index (χ0) is 25.0. The van der Waals surface area contributed by atoms with Crippen molar-refractivity contribution in [3.8, 4) is 5.75 Å². The normalized spacial score (nSPS) is 11.8. The van der Waals surface area contributed by atoms with Crippen molar-refractivity contribution in [1.82, 2.24) is 19.9 Å². The Bertz CT molecular complexity index is 1340. The van der Waals surface area contributed by atoms with Gasteiger partial charge in [-0.1, -0.05) is 11.3 Å². The van der Waals surface area contributed by atoms with Crippen LogP contribution < -0.4 is 15.4 Å². The number of carbonyl (C=O) groups is 1. The molecule has 0 spiro atoms. The number of hydrogen-bond acceptors (Lipinski definition) is 7. The number of rotatable bonds is 10. The van der Waals surface area contributed by atoms with E-state index in [4.69, 9.17) is 4.74 Å². The van der Waals surface area contributed by atoms with Crippen LogP contribution in [0.3, 0.4) is 0 Å². The van der Waals surface area contributed by atoms with Crippen LogP contribution in [0.15, 0.2) is 36.4 Å². The summed E-state index contributed by atoms with van der Waals surface area (Å²) in [6, 6.07) is 9.02. The van der Waals surface area contributed by atoms with Crippen molar-refractivity contribution < 1.29 is 31.8 Å². The van der Waals surface area contributed by atoms with Crippen LogP contribution in [0, 0.1) is 0 Å². The molecule has 0 radical (unpaired) electrons. The highest BCUT2D eigenvalue weighted by atomic mass is 32.1. The maximum Gasteiger partial charge on any atom is 0.573 e. The summed E-state index contributed by atoms with van der Waals surface area (Å²) < 4.78 is 60.9. The fourth-order valence-electron chi connectivity index (χ4n) is 3.30. The largest absolute Gasteiger partial charge is 0.573 e. The number of carbonyl (C=O) groups excluding carboxylic acids is 1. The second-order valence-electron chi connectivity index (χ2n) is 7.43. The summed E-state index contributed by atoms with van der Waals surface area (Å²) in [6.07, 6.45) is -4.45. The Hall–Kier alpha value is -3.45. The Labute approximate surface area is 200 Å². The number of nitrogens with one attached hydrogen (secondary N) is 2. The van der Waals surface area contributed by atoms with Gasteiger partial charge in [0.05, 0.1) is 34.5 Å². The summed E-state index contributed by atoms with van der Waals surface area (Å²) in [7, 11) is 1.79. The molecule has 0 atom stereocenters. The molecule has 2 aromatic heterocycles. The van der Waals surface area contributed by atoms with Crippen LogP contribution in [-0.4, -0.2) is 53.2 Å². The molecule has 0 aliphatic heterocycles. The molecule has 2 aromatic carbocycles. The Kier molecular flexibility index (Phi) is 7.36. The van der Waals surface area contributed by atoms with Gasteiger partial charge in [0.15, 0.2) is 5.13 Å². The molecule has 4 rings (SSSR count). The SMILES string of the molecule is Cn1c(Nc2nc3ccc(OC(F)(F)F)cc3s2)nc2cc(C(=O)NCCOCCCF)ccc21. The summed E-state index contributed by atoms with van der Waals surface area (Å²) in [5.74, 6) is -0.158. The van der Waals surface area contributed by atoms with Crippen LogP contribution in [-0.2, 0) is 11.8 Å². The van der Waals surface area contributed by atoms with Gasteiger partial charge in [0.1, 0.15) is 5.75 Å². The van der Waals surface area contributed by atoms with Gasteiger partial charge >= 0.3 is 6.36 Å². The monoisotopic (exact) mass is 511 g/mol. The fraction of sp³-hybridized carbons (Fsp3) is 0.318. The lowest BCUT2D eigenvalue weighted by Crippen LogP contribution is -2.27. The van der Waals surface area contributed by atoms with Crippen LogP contribution >= 0.6 is 11.3 Å². The Balaban J connectivity index is 1.45. The van der Waals surface area contributed by atoms with Gasteiger partial charge in [-0.2, -0.15) is 0 Å². The lowest BCUT2D eigenvalue weighted by Gasteiger charge is -2.07. The average Bonchev–Trinajstić information content (AvgIpc) is 3.34. The highest BCUT2D eigenvalue weighted by molar-refractivity contribution is 7.22. The molecule has 0 saturated heterocycles. The molecule has 2 heterocycles. The van der Waals surface area contributed by atoms with Crippen molar-refractivity contribution in [3.05, 3.63) is 42.0 Å². The first-order valence-corrected chi connectivity index (χ1v) is 11.4. The van der Waals surface area contributed by atoms with E-state index >= 15 is 0 Å². The van der Waals surface area contributed by atoms with E-state index in [1.54, 1.807) is 29.8 Å². The lowest BCUT2D eigenvalue weighted by atomic mass is 10.2. The minimum Gasteiger partial charge on any atom is -0.406 e. The van der Waals surface area contributed by atoms with E-state index in [1.165, 1.54) is 18.2 Å². The maximum absolute atomic E-state index is 12.5. The van der Waals surface area contributed by atoms with Gasteiger partial charge in [0.25, 0.3) is 5.91 Å². The molecular formula is C22H21F4N5O3S. The van der Waals surface area contributed by atoms with Crippen molar-refractivity contribution in [2.75, 3.05) is 31.7 Å². The van der Waals surface area contributed by atoms with E-state index in [9.17, 15) is 22.4 Å². The first kappa shape index (κ1) is 24.7. The highest BCUT2D eigenvalue weighted by Gasteiger charge is 2.31. The second kappa shape index (κ2) is 10.4. The van der Waals surface area contributed by atoms with E-state index in [2.05, 4.69) is 25.3 Å². The molecule has 0 saturated carbocycles. The Morgan fingerprint density at radius 3 is 2.71 bits per heavy atom. The first-order valence-electron chi connectivity index (χ1n) is 10.6. The smallest absolute Gasteiger partial charge is 0.406 e. The van der Waals surface area contributed by atoms with Crippen LogP contribution in [0.1, 0.15) is 16.8 Å². The van der Waals surface area contributed by atoms with Crippen molar-refractivity contribution in [1.29, 1.82) is 0 Å². The number of thiazole rings is 1. The average molecular weight is 512 g/mol. The number of benzene rings is 2. The number of hydrogen-bond donors (Lipinski definition) is 2. The van der Waals surface area contributed by atoms with Gasteiger partial charge in [-0.05, 0) is 36.8 Å². The third-order valence-electron chi connectivity index (χ3n) is 4.91. The predicted octanol–water partition coefficient (Wildman–Crippen LogP) is 4.93. The highest BCUT2D eigenvalue weighted by Crippen LogP contribution is 2.33. The zero-order valence-electron chi connectivity index (χ0n) is 18.5. The fourth-order valence-corrected chi connectivity index (χ4v) is 4.19. The molecule has 4 aromatic rings. The van der Waals surface area contributed by atoms with Gasteiger partial charge < -0.3 is 24.7 Å². The molecule has 0 bridgehead atoms. The quantitative estimate of drug-likeness (QED) is 0.232. The third-order valence-corrected chi connectivity index (χ3v) is 5.84. The summed E-state index contributed by atoms with van der Waals surface area (Å²) in [5, 5.41) is 6.26. The summed E-state index contributed by atoms with van der Waals surface area (Å²) in [5.41, 5.74) is 2.27. The van der Waals surface area contributed by atoms with Crippen molar-refractivity contribution in [3.63, 3.8) is 0 Å². The minimum absolute atomic E-state index is 0.288. The van der Waals surface area contributed by atoms with Crippen LogP contribution in [0.2, 0.25) is 0 Å². The molecule has 0 unspecified atom stereocenters. The van der Waals surface area contributed by atoms with Gasteiger partial charge in [-0.15, -0.1) is 13.2 Å². The van der Waals surface area contributed by atoms with E-state index in [-0.39, 0.29) is 18.3 Å². The van der Waals surface area contributed by atoms with Gasteiger partial charge in [-0.25, -0.2) is 9.97 Å². The number of imidazole rings is 1.